The summed E-state index contributed by atoms with van der Waals surface area (Å²) in [5.41, 5.74) is 7.96. The van der Waals surface area contributed by atoms with E-state index in [0.29, 0.717) is 24.3 Å². The standard InChI is InChI=1S/C22H22FN3O3/c1-13-4-6-15(23)11-16(13)14-5-7-18-17(10-14)22(19(27)26(2)20(24)25-22)12-21(29-18)8-3-9-28-21/h4-7,10-11H,3,8-9,12H2,1-2H3,(H2,24,25)/t21-,22-/m0/s1. The van der Waals surface area contributed by atoms with Crippen molar-refractivity contribution in [3.05, 3.63) is 53.3 Å². The number of likely N-dealkylation sites (N-methyl/N-ethyl adjacent to an activating group) is 1. The van der Waals surface area contributed by atoms with Crippen molar-refractivity contribution in [2.45, 2.75) is 37.5 Å². The van der Waals surface area contributed by atoms with Crippen molar-refractivity contribution in [3.63, 3.8) is 0 Å². The van der Waals surface area contributed by atoms with Crippen LogP contribution in [0, 0.1) is 12.7 Å². The highest BCUT2D eigenvalue weighted by Crippen LogP contribution is 2.52. The van der Waals surface area contributed by atoms with Gasteiger partial charge in [-0.25, -0.2) is 9.38 Å². The van der Waals surface area contributed by atoms with Gasteiger partial charge in [-0.3, -0.25) is 9.69 Å². The molecule has 0 aliphatic carbocycles. The van der Waals surface area contributed by atoms with Crippen molar-refractivity contribution in [3.8, 4) is 16.9 Å². The zero-order valence-electron chi connectivity index (χ0n) is 16.4. The van der Waals surface area contributed by atoms with Crippen molar-refractivity contribution in [1.29, 1.82) is 0 Å². The topological polar surface area (TPSA) is 77.2 Å². The SMILES string of the molecule is Cc1ccc(F)cc1-c1ccc2c(c1)[C@]1(C[C@]3(CCCO3)O2)N=C(N)N(C)C1=O. The summed E-state index contributed by atoms with van der Waals surface area (Å²) in [6.07, 6.45) is 1.81. The number of hydrogen-bond acceptors (Lipinski definition) is 5. The van der Waals surface area contributed by atoms with Gasteiger partial charge >= 0.3 is 0 Å². The first-order valence-corrected chi connectivity index (χ1v) is 9.71. The number of hydrogen-bond donors (Lipinski definition) is 1. The molecule has 0 aromatic heterocycles. The van der Waals surface area contributed by atoms with E-state index >= 15 is 0 Å². The number of rotatable bonds is 1. The molecule has 3 aliphatic rings. The number of carbonyl (C=O) groups is 1. The number of nitrogens with zero attached hydrogens (tertiary/aromatic N) is 2. The average Bonchev–Trinajstić information content (AvgIpc) is 3.23. The van der Waals surface area contributed by atoms with Crippen LogP contribution in [0.5, 0.6) is 5.75 Å². The summed E-state index contributed by atoms with van der Waals surface area (Å²) in [4.78, 5) is 19.3. The highest BCUT2D eigenvalue weighted by molar-refractivity contribution is 6.07. The van der Waals surface area contributed by atoms with Gasteiger partial charge in [0.2, 0.25) is 5.79 Å². The van der Waals surface area contributed by atoms with Gasteiger partial charge < -0.3 is 15.2 Å². The Bertz CT molecular complexity index is 1060. The Kier molecular flexibility index (Phi) is 3.77. The predicted octanol–water partition coefficient (Wildman–Crippen LogP) is 3.07. The van der Waals surface area contributed by atoms with Crippen molar-refractivity contribution in [1.82, 2.24) is 4.90 Å². The lowest BCUT2D eigenvalue weighted by molar-refractivity contribution is -0.179. The van der Waals surface area contributed by atoms with Crippen molar-refractivity contribution in [2.24, 2.45) is 10.7 Å². The lowest BCUT2D eigenvalue weighted by atomic mass is 9.78. The van der Waals surface area contributed by atoms with Crippen molar-refractivity contribution < 1.29 is 18.7 Å². The number of aliphatic imine (C=N–C) groups is 1. The summed E-state index contributed by atoms with van der Waals surface area (Å²) in [5.74, 6) is -0.679. The summed E-state index contributed by atoms with van der Waals surface area (Å²) < 4.78 is 26.1. The van der Waals surface area contributed by atoms with Crippen LogP contribution < -0.4 is 10.5 Å². The maximum Gasteiger partial charge on any atom is 0.262 e. The Hall–Kier alpha value is -2.93. The van der Waals surface area contributed by atoms with E-state index in [2.05, 4.69) is 4.99 Å². The fourth-order valence-corrected chi connectivity index (χ4v) is 4.62. The molecule has 0 saturated carbocycles. The van der Waals surface area contributed by atoms with Gasteiger partial charge in [0.25, 0.3) is 5.91 Å². The summed E-state index contributed by atoms with van der Waals surface area (Å²) in [6.45, 7) is 2.50. The van der Waals surface area contributed by atoms with Crippen molar-refractivity contribution in [2.75, 3.05) is 13.7 Å². The van der Waals surface area contributed by atoms with Crippen LogP contribution in [0.2, 0.25) is 0 Å². The van der Waals surface area contributed by atoms with Crippen LogP contribution >= 0.6 is 0 Å². The molecule has 2 aromatic rings. The number of benzene rings is 2. The largest absolute Gasteiger partial charge is 0.462 e. The number of nitrogens with two attached hydrogens (primary N) is 1. The van der Waals surface area contributed by atoms with E-state index in [9.17, 15) is 9.18 Å². The molecule has 1 saturated heterocycles. The number of guanidine groups is 1. The molecule has 0 unspecified atom stereocenters. The second-order valence-electron chi connectivity index (χ2n) is 8.01. The number of aryl methyl sites for hydroxylation is 1. The van der Waals surface area contributed by atoms with Crippen LogP contribution in [0.4, 0.5) is 4.39 Å². The summed E-state index contributed by atoms with van der Waals surface area (Å²) in [6, 6.07) is 10.2. The number of amides is 1. The van der Waals surface area contributed by atoms with Gasteiger partial charge in [0, 0.05) is 19.0 Å². The van der Waals surface area contributed by atoms with Crippen LogP contribution in [0.15, 0.2) is 41.4 Å². The molecule has 2 N–H and O–H groups in total. The van der Waals surface area contributed by atoms with E-state index in [1.165, 1.54) is 17.0 Å². The summed E-state index contributed by atoms with van der Waals surface area (Å²) >= 11 is 0. The Morgan fingerprint density at radius 1 is 1.24 bits per heavy atom. The van der Waals surface area contributed by atoms with Crippen LogP contribution in [0.3, 0.4) is 0 Å². The van der Waals surface area contributed by atoms with Gasteiger partial charge in [0.1, 0.15) is 11.6 Å². The first-order chi connectivity index (χ1) is 13.8. The first-order valence-electron chi connectivity index (χ1n) is 9.71. The fourth-order valence-electron chi connectivity index (χ4n) is 4.62. The van der Waals surface area contributed by atoms with Gasteiger partial charge in [-0.2, -0.15) is 0 Å². The third kappa shape index (κ3) is 2.57. The van der Waals surface area contributed by atoms with Gasteiger partial charge in [-0.1, -0.05) is 12.1 Å². The predicted molar refractivity (Wildman–Crippen MR) is 106 cm³/mol. The normalized spacial score (nSPS) is 28.0. The van der Waals surface area contributed by atoms with Gasteiger partial charge in [-0.05, 0) is 54.3 Å². The maximum absolute atomic E-state index is 13.9. The Morgan fingerprint density at radius 3 is 2.76 bits per heavy atom. The molecule has 7 heteroatoms. The summed E-state index contributed by atoms with van der Waals surface area (Å²) in [7, 11) is 1.62. The Morgan fingerprint density at radius 2 is 2.07 bits per heavy atom. The second-order valence-corrected chi connectivity index (χ2v) is 8.01. The number of fused-ring (bicyclic) bond motifs is 2. The third-order valence-electron chi connectivity index (χ3n) is 6.13. The number of ether oxygens (including phenoxy) is 2. The molecule has 29 heavy (non-hydrogen) atoms. The van der Waals surface area contributed by atoms with Gasteiger partial charge in [-0.15, -0.1) is 0 Å². The van der Waals surface area contributed by atoms with Gasteiger partial charge in [0.15, 0.2) is 11.5 Å². The van der Waals surface area contributed by atoms with E-state index in [0.717, 1.165) is 23.1 Å². The van der Waals surface area contributed by atoms with E-state index in [4.69, 9.17) is 15.2 Å². The monoisotopic (exact) mass is 395 g/mol. The Balaban J connectivity index is 1.72. The smallest absolute Gasteiger partial charge is 0.262 e. The molecular weight excluding hydrogens is 373 g/mol. The molecule has 0 radical (unpaired) electrons. The molecule has 2 aromatic carbocycles. The molecule has 0 bridgehead atoms. The number of halogens is 1. The molecule has 1 amide bonds. The van der Waals surface area contributed by atoms with E-state index in [1.807, 2.05) is 25.1 Å². The third-order valence-corrected chi connectivity index (χ3v) is 6.13. The van der Waals surface area contributed by atoms with Crippen LogP contribution in [0.1, 0.15) is 30.4 Å². The van der Waals surface area contributed by atoms with Gasteiger partial charge in [0.05, 0.1) is 13.0 Å². The molecule has 150 valence electrons. The van der Waals surface area contributed by atoms with Crippen LogP contribution in [0.25, 0.3) is 11.1 Å². The van der Waals surface area contributed by atoms with Crippen LogP contribution in [-0.2, 0) is 15.1 Å². The van der Waals surface area contributed by atoms with E-state index in [1.54, 1.807) is 13.1 Å². The minimum atomic E-state index is -1.20. The molecular formula is C22H22FN3O3. The molecule has 2 atom stereocenters. The molecule has 1 fully saturated rings. The Labute approximate surface area is 168 Å². The highest BCUT2D eigenvalue weighted by Gasteiger charge is 2.59. The maximum atomic E-state index is 13.9. The average molecular weight is 395 g/mol. The van der Waals surface area contributed by atoms with E-state index < -0.39 is 11.3 Å². The van der Waals surface area contributed by atoms with Crippen LogP contribution in [-0.4, -0.2) is 36.2 Å². The lowest BCUT2D eigenvalue weighted by Crippen LogP contribution is -2.51. The fraction of sp³-hybridized carbons (Fsp3) is 0.364. The minimum absolute atomic E-state index is 0.170. The zero-order valence-corrected chi connectivity index (χ0v) is 16.4. The molecule has 2 spiro atoms. The summed E-state index contributed by atoms with van der Waals surface area (Å²) in [5, 5.41) is 0. The molecule has 3 heterocycles. The minimum Gasteiger partial charge on any atom is -0.462 e. The lowest BCUT2D eigenvalue weighted by Gasteiger charge is -2.42. The number of carbonyl (C=O) groups excluding carboxylic acids is 1. The first kappa shape index (κ1) is 18.1. The zero-order chi connectivity index (χ0) is 20.4. The molecule has 3 aliphatic heterocycles. The molecule has 6 nitrogen and oxygen atoms in total. The van der Waals surface area contributed by atoms with E-state index in [-0.39, 0.29) is 24.1 Å². The highest BCUT2D eigenvalue weighted by atomic mass is 19.1. The van der Waals surface area contributed by atoms with Crippen molar-refractivity contribution >= 4 is 11.9 Å². The quantitative estimate of drug-likeness (QED) is 0.805. The molecule has 5 rings (SSSR count). The second kappa shape index (κ2) is 6.03.